The molecule has 1 heterocycles. The van der Waals surface area contributed by atoms with Crippen molar-refractivity contribution in [3.05, 3.63) is 23.8 Å². The first-order chi connectivity index (χ1) is 15.2. The number of ketones is 1. The predicted octanol–water partition coefficient (Wildman–Crippen LogP) is 6.86. The van der Waals surface area contributed by atoms with Crippen LogP contribution in [0, 0.1) is 11.8 Å². The number of carbonyl (C=O) groups excluding carboxylic acids is 1. The number of hydrogen-bond donors (Lipinski definition) is 0. The SMILES string of the molecule is COc1ccc2c(c1)C(=O)C(C1CCCCC1)(C1CCCCC1)N2OC1CCCCC1. The largest absolute Gasteiger partial charge is 0.497 e. The van der Waals surface area contributed by atoms with Crippen molar-refractivity contribution < 1.29 is 14.4 Å². The Morgan fingerprint density at radius 1 is 0.806 bits per heavy atom. The highest BCUT2D eigenvalue weighted by atomic mass is 16.7. The molecule has 1 aromatic rings. The molecule has 0 bridgehead atoms. The van der Waals surface area contributed by atoms with Crippen LogP contribution in [0.4, 0.5) is 5.69 Å². The topological polar surface area (TPSA) is 38.8 Å². The fourth-order valence-corrected chi connectivity index (χ4v) is 7.09. The molecule has 3 fully saturated rings. The zero-order valence-corrected chi connectivity index (χ0v) is 19.2. The van der Waals surface area contributed by atoms with Crippen LogP contribution in [-0.2, 0) is 4.84 Å². The molecule has 0 atom stereocenters. The highest BCUT2D eigenvalue weighted by Crippen LogP contribution is 2.55. The summed E-state index contributed by atoms with van der Waals surface area (Å²) in [5, 5.41) is 2.20. The third-order valence-electron chi connectivity index (χ3n) is 8.63. The van der Waals surface area contributed by atoms with Gasteiger partial charge in [0.15, 0.2) is 5.78 Å². The van der Waals surface area contributed by atoms with E-state index in [0.717, 1.165) is 55.5 Å². The lowest BCUT2D eigenvalue weighted by Crippen LogP contribution is -2.62. The minimum absolute atomic E-state index is 0.237. The summed E-state index contributed by atoms with van der Waals surface area (Å²) in [7, 11) is 1.69. The minimum Gasteiger partial charge on any atom is -0.497 e. The fourth-order valence-electron chi connectivity index (χ4n) is 7.09. The molecular formula is C27H39NO3. The molecule has 3 aliphatic carbocycles. The third-order valence-corrected chi connectivity index (χ3v) is 8.63. The van der Waals surface area contributed by atoms with Crippen LogP contribution in [0.15, 0.2) is 18.2 Å². The second kappa shape index (κ2) is 9.13. The molecule has 0 N–H and O–H groups in total. The molecule has 1 aliphatic heterocycles. The maximum Gasteiger partial charge on any atom is 0.193 e. The molecule has 0 radical (unpaired) electrons. The summed E-state index contributed by atoms with van der Waals surface area (Å²) in [5.74, 6) is 1.86. The van der Waals surface area contributed by atoms with Gasteiger partial charge in [0.05, 0.1) is 18.9 Å². The van der Waals surface area contributed by atoms with Crippen molar-refractivity contribution in [1.82, 2.24) is 0 Å². The number of methoxy groups -OCH3 is 1. The maximum atomic E-state index is 14.5. The first-order valence-electron chi connectivity index (χ1n) is 12.9. The van der Waals surface area contributed by atoms with E-state index in [1.807, 2.05) is 12.1 Å². The van der Waals surface area contributed by atoms with Crippen LogP contribution in [0.5, 0.6) is 5.75 Å². The quantitative estimate of drug-likeness (QED) is 0.516. The molecule has 4 aliphatic rings. The van der Waals surface area contributed by atoms with Gasteiger partial charge in [0.2, 0.25) is 0 Å². The summed E-state index contributed by atoms with van der Waals surface area (Å²) in [6, 6.07) is 6.06. The van der Waals surface area contributed by atoms with E-state index in [9.17, 15) is 4.79 Å². The van der Waals surface area contributed by atoms with Crippen LogP contribution >= 0.6 is 0 Å². The average Bonchev–Trinajstić information content (AvgIpc) is 3.09. The average molecular weight is 426 g/mol. The van der Waals surface area contributed by atoms with Crippen LogP contribution in [0.3, 0.4) is 0 Å². The fraction of sp³-hybridized carbons (Fsp3) is 0.741. The Hall–Kier alpha value is -1.55. The Balaban J connectivity index is 1.61. The van der Waals surface area contributed by atoms with Crippen LogP contribution in [-0.4, -0.2) is 24.5 Å². The van der Waals surface area contributed by atoms with Crippen molar-refractivity contribution in [2.24, 2.45) is 11.8 Å². The molecule has 4 heteroatoms. The highest BCUT2D eigenvalue weighted by molar-refractivity contribution is 6.14. The minimum atomic E-state index is -0.521. The van der Waals surface area contributed by atoms with Crippen LogP contribution in [0.2, 0.25) is 0 Å². The van der Waals surface area contributed by atoms with Crippen molar-refractivity contribution in [2.75, 3.05) is 12.2 Å². The Kier molecular flexibility index (Phi) is 6.28. The predicted molar refractivity (Wildman–Crippen MR) is 124 cm³/mol. The molecule has 4 nitrogen and oxygen atoms in total. The summed E-state index contributed by atoms with van der Waals surface area (Å²) in [6.45, 7) is 0. The van der Waals surface area contributed by atoms with Crippen molar-refractivity contribution in [2.45, 2.75) is 108 Å². The number of nitrogens with zero attached hydrogens (tertiary/aromatic N) is 1. The van der Waals surface area contributed by atoms with E-state index in [0.29, 0.717) is 17.6 Å². The molecule has 0 spiro atoms. The van der Waals surface area contributed by atoms with Crippen molar-refractivity contribution in [3.63, 3.8) is 0 Å². The van der Waals surface area contributed by atoms with E-state index in [4.69, 9.17) is 9.57 Å². The molecular weight excluding hydrogens is 386 g/mol. The Bertz CT molecular complexity index is 755. The number of anilines is 1. The van der Waals surface area contributed by atoms with Gasteiger partial charge in [-0.2, -0.15) is 0 Å². The molecule has 1 aromatic carbocycles. The lowest BCUT2D eigenvalue weighted by Gasteiger charge is -2.51. The zero-order chi connectivity index (χ0) is 21.3. The smallest absolute Gasteiger partial charge is 0.193 e. The summed E-state index contributed by atoms with van der Waals surface area (Å²) >= 11 is 0. The molecule has 3 saturated carbocycles. The van der Waals surface area contributed by atoms with E-state index in [1.54, 1.807) is 7.11 Å². The van der Waals surface area contributed by atoms with Gasteiger partial charge in [-0.3, -0.25) is 9.63 Å². The second-order valence-electron chi connectivity index (χ2n) is 10.4. The van der Waals surface area contributed by atoms with Crippen molar-refractivity contribution in [3.8, 4) is 5.75 Å². The Morgan fingerprint density at radius 3 is 1.90 bits per heavy atom. The normalized spacial score (nSPS) is 25.6. The summed E-state index contributed by atoms with van der Waals surface area (Å²) in [4.78, 5) is 21.4. The molecule has 0 saturated heterocycles. The van der Waals surface area contributed by atoms with Crippen molar-refractivity contribution >= 4 is 11.5 Å². The molecule has 5 rings (SSSR count). The maximum absolute atomic E-state index is 14.5. The zero-order valence-electron chi connectivity index (χ0n) is 19.2. The van der Waals surface area contributed by atoms with Gasteiger partial charge in [-0.15, -0.1) is 0 Å². The number of hydrogen-bond acceptors (Lipinski definition) is 4. The van der Waals surface area contributed by atoms with E-state index in [1.165, 1.54) is 57.8 Å². The van der Waals surface area contributed by atoms with Crippen LogP contribution in [0.1, 0.15) is 107 Å². The number of fused-ring (bicyclic) bond motifs is 1. The lowest BCUT2D eigenvalue weighted by atomic mass is 9.62. The van der Waals surface area contributed by atoms with E-state index >= 15 is 0 Å². The number of hydroxylamine groups is 1. The number of Topliss-reactive ketones (excluding diaryl/α,β-unsaturated/α-hetero) is 1. The van der Waals surface area contributed by atoms with Crippen LogP contribution < -0.4 is 9.80 Å². The third kappa shape index (κ3) is 3.69. The lowest BCUT2D eigenvalue weighted by molar-refractivity contribution is -0.0528. The Morgan fingerprint density at radius 2 is 1.35 bits per heavy atom. The summed E-state index contributed by atoms with van der Waals surface area (Å²) in [5.41, 5.74) is 1.30. The molecule has 31 heavy (non-hydrogen) atoms. The van der Waals surface area contributed by atoms with Crippen LogP contribution in [0.25, 0.3) is 0 Å². The summed E-state index contributed by atoms with van der Waals surface area (Å²) < 4.78 is 5.52. The van der Waals surface area contributed by atoms with E-state index < -0.39 is 5.54 Å². The number of rotatable bonds is 5. The highest BCUT2D eigenvalue weighted by Gasteiger charge is 2.61. The van der Waals surface area contributed by atoms with Gasteiger partial charge < -0.3 is 4.74 Å². The van der Waals surface area contributed by atoms with Gasteiger partial charge in [-0.05, 0) is 68.6 Å². The monoisotopic (exact) mass is 425 g/mol. The number of carbonyl (C=O) groups is 1. The van der Waals surface area contributed by atoms with Gasteiger partial charge >= 0.3 is 0 Å². The van der Waals surface area contributed by atoms with Gasteiger partial charge in [-0.25, -0.2) is 5.06 Å². The molecule has 170 valence electrons. The van der Waals surface area contributed by atoms with Gasteiger partial charge in [0.25, 0.3) is 0 Å². The molecule has 0 amide bonds. The first kappa shape index (κ1) is 21.3. The molecule has 0 unspecified atom stereocenters. The molecule has 0 aromatic heterocycles. The standard InChI is InChI=1S/C27H39NO3/c1-30-23-17-18-25-24(19-23)26(29)27(20-11-5-2-6-12-20,21-13-7-3-8-14-21)28(25)31-22-15-9-4-10-16-22/h17-22H,2-16H2,1H3. The second-order valence-corrected chi connectivity index (χ2v) is 10.4. The van der Waals surface area contributed by atoms with Gasteiger partial charge in [0.1, 0.15) is 11.3 Å². The van der Waals surface area contributed by atoms with E-state index in [-0.39, 0.29) is 6.10 Å². The van der Waals surface area contributed by atoms with Crippen molar-refractivity contribution in [1.29, 1.82) is 0 Å². The van der Waals surface area contributed by atoms with E-state index in [2.05, 4.69) is 11.1 Å². The van der Waals surface area contributed by atoms with Gasteiger partial charge in [0, 0.05) is 5.56 Å². The number of ether oxygens (including phenoxy) is 1. The van der Waals surface area contributed by atoms with Gasteiger partial charge in [-0.1, -0.05) is 57.8 Å². The Labute approximate surface area is 187 Å². The number of benzene rings is 1. The first-order valence-corrected chi connectivity index (χ1v) is 12.9. The summed E-state index contributed by atoms with van der Waals surface area (Å²) in [6.07, 6.45) is 18.4.